The molecule has 2 heteroatoms. The highest BCUT2D eigenvalue weighted by Gasteiger charge is 2.13. The van der Waals surface area contributed by atoms with E-state index in [0.717, 1.165) is 25.7 Å². The predicted molar refractivity (Wildman–Crippen MR) is 47.4 cm³/mol. The average molecular weight is 157 g/mol. The van der Waals surface area contributed by atoms with Crippen molar-refractivity contribution in [2.45, 2.75) is 39.5 Å². The summed E-state index contributed by atoms with van der Waals surface area (Å²) in [5, 5.41) is 0. The van der Waals surface area contributed by atoms with E-state index in [1.54, 1.807) is 0 Å². The van der Waals surface area contributed by atoms with Crippen LogP contribution in [-0.2, 0) is 4.79 Å². The molecule has 0 heterocycles. The molecule has 0 spiro atoms. The summed E-state index contributed by atoms with van der Waals surface area (Å²) in [5.41, 5.74) is 5.28. The largest absolute Gasteiger partial charge is 0.324 e. The molecule has 0 amide bonds. The van der Waals surface area contributed by atoms with Crippen LogP contribution >= 0.6 is 0 Å². The molecular weight excluding hydrogens is 138 g/mol. The van der Waals surface area contributed by atoms with E-state index >= 15 is 0 Å². The zero-order valence-electron chi connectivity index (χ0n) is 7.60. The van der Waals surface area contributed by atoms with E-state index in [2.05, 4.69) is 13.8 Å². The highest BCUT2D eigenvalue weighted by molar-refractivity contribution is 5.82. The van der Waals surface area contributed by atoms with Crippen molar-refractivity contribution in [2.24, 2.45) is 11.7 Å². The first kappa shape index (κ1) is 10.6. The van der Waals surface area contributed by atoms with Gasteiger partial charge in [-0.15, -0.1) is 0 Å². The summed E-state index contributed by atoms with van der Waals surface area (Å²) in [5.74, 6) is 0.462. The van der Waals surface area contributed by atoms with Gasteiger partial charge in [0.25, 0.3) is 0 Å². The number of rotatable bonds is 6. The Labute approximate surface area is 69.2 Å². The van der Waals surface area contributed by atoms with Crippen LogP contribution in [0.2, 0.25) is 0 Å². The van der Waals surface area contributed by atoms with E-state index in [4.69, 9.17) is 5.73 Å². The summed E-state index contributed by atoms with van der Waals surface area (Å²) in [6.45, 7) is 4.42. The number of nitrogens with two attached hydrogens (primary N) is 1. The minimum Gasteiger partial charge on any atom is -0.324 e. The molecule has 0 unspecified atom stereocenters. The Morgan fingerprint density at radius 2 is 1.73 bits per heavy atom. The van der Waals surface area contributed by atoms with Crippen LogP contribution in [0.3, 0.4) is 0 Å². The first-order valence-corrected chi connectivity index (χ1v) is 4.49. The fraction of sp³-hybridized carbons (Fsp3) is 0.889. The topological polar surface area (TPSA) is 43.1 Å². The standard InChI is InChI=1S/C9H19NO/c1-3-5-8(6-4-2)9(11)7-10/h8H,3-7,10H2,1-2H3. The van der Waals surface area contributed by atoms with Gasteiger partial charge < -0.3 is 5.73 Å². The van der Waals surface area contributed by atoms with Crippen molar-refractivity contribution >= 4 is 5.78 Å². The van der Waals surface area contributed by atoms with Gasteiger partial charge >= 0.3 is 0 Å². The van der Waals surface area contributed by atoms with E-state index < -0.39 is 0 Å². The Morgan fingerprint density at radius 3 is 2.00 bits per heavy atom. The van der Waals surface area contributed by atoms with Crippen LogP contribution in [0.5, 0.6) is 0 Å². The van der Waals surface area contributed by atoms with Gasteiger partial charge in [0.1, 0.15) is 5.78 Å². The smallest absolute Gasteiger partial charge is 0.149 e. The fourth-order valence-electron chi connectivity index (χ4n) is 1.33. The summed E-state index contributed by atoms with van der Waals surface area (Å²) in [6, 6.07) is 0. The number of ketones is 1. The maximum atomic E-state index is 11.2. The molecule has 0 aliphatic rings. The fourth-order valence-corrected chi connectivity index (χ4v) is 1.33. The van der Waals surface area contributed by atoms with Crippen molar-refractivity contribution in [1.82, 2.24) is 0 Å². The lowest BCUT2D eigenvalue weighted by Crippen LogP contribution is -2.23. The predicted octanol–water partition coefficient (Wildman–Crippen LogP) is 1.73. The zero-order chi connectivity index (χ0) is 8.69. The number of carbonyl (C=O) groups excluding carboxylic acids is 1. The van der Waals surface area contributed by atoms with Gasteiger partial charge in [0.15, 0.2) is 0 Å². The van der Waals surface area contributed by atoms with Crippen molar-refractivity contribution in [3.05, 3.63) is 0 Å². The van der Waals surface area contributed by atoms with Crippen LogP contribution < -0.4 is 5.73 Å². The molecule has 0 radical (unpaired) electrons. The van der Waals surface area contributed by atoms with E-state index in [1.165, 1.54) is 0 Å². The lowest BCUT2D eigenvalue weighted by atomic mass is 9.94. The van der Waals surface area contributed by atoms with E-state index in [0.29, 0.717) is 0 Å². The highest BCUT2D eigenvalue weighted by Crippen LogP contribution is 2.13. The van der Waals surface area contributed by atoms with Crippen LogP contribution in [0.1, 0.15) is 39.5 Å². The maximum absolute atomic E-state index is 11.2. The molecule has 11 heavy (non-hydrogen) atoms. The molecule has 66 valence electrons. The molecule has 0 aromatic carbocycles. The summed E-state index contributed by atoms with van der Waals surface area (Å²) in [7, 11) is 0. The Balaban J connectivity index is 3.76. The molecule has 0 saturated carbocycles. The van der Waals surface area contributed by atoms with E-state index in [1.807, 2.05) is 0 Å². The van der Waals surface area contributed by atoms with Crippen molar-refractivity contribution in [1.29, 1.82) is 0 Å². The minimum absolute atomic E-state index is 0.213. The third kappa shape index (κ3) is 4.14. The molecule has 0 fully saturated rings. The SMILES string of the molecule is CCCC(CCC)C(=O)CN. The Hall–Kier alpha value is -0.370. The first-order chi connectivity index (χ1) is 5.26. The van der Waals surface area contributed by atoms with Gasteiger partial charge in [0.2, 0.25) is 0 Å². The molecule has 2 nitrogen and oxygen atoms in total. The number of hydrogen-bond donors (Lipinski definition) is 1. The van der Waals surface area contributed by atoms with Crippen LogP contribution in [0.15, 0.2) is 0 Å². The molecular formula is C9H19NO. The number of hydrogen-bond acceptors (Lipinski definition) is 2. The summed E-state index contributed by atoms with van der Waals surface area (Å²) in [4.78, 5) is 11.2. The van der Waals surface area contributed by atoms with Gasteiger partial charge in [0, 0.05) is 5.92 Å². The van der Waals surface area contributed by atoms with Crippen molar-refractivity contribution in [3.63, 3.8) is 0 Å². The van der Waals surface area contributed by atoms with E-state index in [9.17, 15) is 4.79 Å². The second-order valence-corrected chi connectivity index (χ2v) is 2.94. The third-order valence-corrected chi connectivity index (χ3v) is 1.93. The normalized spacial score (nSPS) is 10.5. The van der Waals surface area contributed by atoms with Gasteiger partial charge in [0.05, 0.1) is 6.54 Å². The second kappa shape index (κ2) is 6.35. The second-order valence-electron chi connectivity index (χ2n) is 2.94. The summed E-state index contributed by atoms with van der Waals surface area (Å²) >= 11 is 0. The molecule has 0 aliphatic heterocycles. The average Bonchev–Trinajstić information content (AvgIpc) is 2.03. The van der Waals surface area contributed by atoms with Crippen molar-refractivity contribution in [3.8, 4) is 0 Å². The Kier molecular flexibility index (Phi) is 6.13. The molecule has 0 rings (SSSR count). The lowest BCUT2D eigenvalue weighted by Gasteiger charge is -2.11. The van der Waals surface area contributed by atoms with Gasteiger partial charge in [-0.2, -0.15) is 0 Å². The first-order valence-electron chi connectivity index (χ1n) is 4.49. The van der Waals surface area contributed by atoms with Crippen molar-refractivity contribution < 1.29 is 4.79 Å². The maximum Gasteiger partial charge on any atom is 0.149 e. The van der Waals surface area contributed by atoms with Gasteiger partial charge in [-0.25, -0.2) is 0 Å². The molecule has 0 aromatic heterocycles. The molecule has 0 saturated heterocycles. The van der Waals surface area contributed by atoms with Crippen LogP contribution in [-0.4, -0.2) is 12.3 Å². The van der Waals surface area contributed by atoms with Gasteiger partial charge in [-0.3, -0.25) is 4.79 Å². The highest BCUT2D eigenvalue weighted by atomic mass is 16.1. The minimum atomic E-state index is 0.213. The van der Waals surface area contributed by atoms with Crippen LogP contribution in [0, 0.1) is 5.92 Å². The van der Waals surface area contributed by atoms with Gasteiger partial charge in [-0.05, 0) is 12.8 Å². The molecule has 0 bridgehead atoms. The lowest BCUT2D eigenvalue weighted by molar-refractivity contribution is -0.121. The van der Waals surface area contributed by atoms with Gasteiger partial charge in [-0.1, -0.05) is 26.7 Å². The summed E-state index contributed by atoms with van der Waals surface area (Å²) in [6.07, 6.45) is 4.17. The molecule has 2 N–H and O–H groups in total. The Bertz CT molecular complexity index is 106. The third-order valence-electron chi connectivity index (χ3n) is 1.93. The quantitative estimate of drug-likeness (QED) is 0.638. The monoisotopic (exact) mass is 157 g/mol. The number of Topliss-reactive ketones (excluding diaryl/α,β-unsaturated/α-hetero) is 1. The molecule has 0 aromatic rings. The molecule has 0 aliphatic carbocycles. The van der Waals surface area contributed by atoms with Crippen molar-refractivity contribution in [2.75, 3.05) is 6.54 Å². The van der Waals surface area contributed by atoms with Crippen LogP contribution in [0.25, 0.3) is 0 Å². The van der Waals surface area contributed by atoms with E-state index in [-0.39, 0.29) is 18.2 Å². The number of carbonyl (C=O) groups is 1. The molecule has 0 atom stereocenters. The zero-order valence-corrected chi connectivity index (χ0v) is 7.60. The van der Waals surface area contributed by atoms with Crippen LogP contribution in [0.4, 0.5) is 0 Å². The summed E-state index contributed by atoms with van der Waals surface area (Å²) < 4.78 is 0. The Morgan fingerprint density at radius 1 is 1.27 bits per heavy atom.